The molecule has 0 amide bonds. The first-order valence-electron chi connectivity index (χ1n) is 9.28. The number of para-hydroxylation sites is 1. The number of rotatable bonds is 7. The Morgan fingerprint density at radius 3 is 2.70 bits per heavy atom. The van der Waals surface area contributed by atoms with Crippen molar-refractivity contribution >= 4 is 52.2 Å². The van der Waals surface area contributed by atoms with Crippen molar-refractivity contribution in [2.45, 2.75) is 20.0 Å². The molecule has 0 radical (unpaired) electrons. The van der Waals surface area contributed by atoms with Gasteiger partial charge < -0.3 is 10.1 Å². The van der Waals surface area contributed by atoms with E-state index in [0.29, 0.717) is 29.7 Å². The van der Waals surface area contributed by atoms with Crippen LogP contribution in [-0.4, -0.2) is 21.4 Å². The van der Waals surface area contributed by atoms with Gasteiger partial charge in [-0.15, -0.1) is 12.4 Å². The van der Waals surface area contributed by atoms with Gasteiger partial charge in [0.15, 0.2) is 0 Å². The molecule has 4 rings (SSSR count). The smallest absolute Gasteiger partial charge is 0.145 e. The zero-order chi connectivity index (χ0) is 20.2. The number of hydrogen-bond acceptors (Lipinski definition) is 4. The summed E-state index contributed by atoms with van der Waals surface area (Å²) in [4.78, 5) is 4.71. The normalized spacial score (nSPS) is 10.6. The molecule has 2 aromatic carbocycles. The molecule has 0 saturated heterocycles. The Labute approximate surface area is 191 Å². The second-order valence-corrected chi connectivity index (χ2v) is 7.50. The summed E-state index contributed by atoms with van der Waals surface area (Å²) in [6.45, 7) is 3.80. The molecule has 2 heterocycles. The van der Waals surface area contributed by atoms with Crippen molar-refractivity contribution in [3.8, 4) is 5.75 Å². The van der Waals surface area contributed by atoms with Crippen LogP contribution in [0.15, 0.2) is 60.9 Å². The van der Waals surface area contributed by atoms with Crippen LogP contribution in [0.5, 0.6) is 5.75 Å². The van der Waals surface area contributed by atoms with E-state index < -0.39 is 0 Å². The molecule has 0 aliphatic heterocycles. The summed E-state index contributed by atoms with van der Waals surface area (Å²) in [5.74, 6) is 0.760. The Morgan fingerprint density at radius 2 is 1.93 bits per heavy atom. The summed E-state index contributed by atoms with van der Waals surface area (Å²) >= 11 is 12.1. The summed E-state index contributed by atoms with van der Waals surface area (Å²) in [7, 11) is 0. The molecule has 8 heteroatoms. The van der Waals surface area contributed by atoms with Crippen LogP contribution >= 0.6 is 35.6 Å². The molecule has 0 saturated carbocycles. The van der Waals surface area contributed by atoms with Crippen molar-refractivity contribution in [1.82, 2.24) is 14.8 Å². The number of fused-ring (bicyclic) bond motifs is 1. The molecule has 0 aliphatic rings. The van der Waals surface area contributed by atoms with Crippen molar-refractivity contribution in [2.24, 2.45) is 0 Å². The molecule has 5 nitrogen and oxygen atoms in total. The van der Waals surface area contributed by atoms with Crippen molar-refractivity contribution in [1.29, 1.82) is 0 Å². The number of benzene rings is 2. The standard InChI is InChI=1S/C22H20Cl2N4O.ClH/c1-15-12-20(25-14-16-6-7-18(23)19(24)13-16)17-4-2-5-21(22(17)27-15)29-11-10-28-9-3-8-26-28;/h2-9,12-13H,10-11,14H2,1H3,(H,25,27);1H. The van der Waals surface area contributed by atoms with E-state index in [4.69, 9.17) is 32.9 Å². The number of aryl methyl sites for hydroxylation is 1. The minimum Gasteiger partial charge on any atom is -0.489 e. The molecule has 0 unspecified atom stereocenters. The summed E-state index contributed by atoms with van der Waals surface area (Å²) in [6.07, 6.45) is 3.68. The molecule has 0 fully saturated rings. The van der Waals surface area contributed by atoms with Gasteiger partial charge in [0.05, 0.1) is 16.6 Å². The minimum atomic E-state index is 0. The Kier molecular flexibility index (Phi) is 7.43. The lowest BCUT2D eigenvalue weighted by atomic mass is 10.1. The van der Waals surface area contributed by atoms with Crippen molar-refractivity contribution in [3.63, 3.8) is 0 Å². The van der Waals surface area contributed by atoms with Crippen LogP contribution in [0.25, 0.3) is 10.9 Å². The van der Waals surface area contributed by atoms with E-state index in [1.54, 1.807) is 6.20 Å². The van der Waals surface area contributed by atoms with E-state index >= 15 is 0 Å². The highest BCUT2D eigenvalue weighted by Gasteiger charge is 2.10. The lowest BCUT2D eigenvalue weighted by Crippen LogP contribution is -2.09. The maximum atomic E-state index is 6.13. The average Bonchev–Trinajstić information content (AvgIpc) is 3.22. The van der Waals surface area contributed by atoms with Gasteiger partial charge in [-0.3, -0.25) is 4.68 Å². The van der Waals surface area contributed by atoms with Gasteiger partial charge >= 0.3 is 0 Å². The van der Waals surface area contributed by atoms with Gasteiger partial charge in [0.2, 0.25) is 0 Å². The van der Waals surface area contributed by atoms with E-state index in [1.807, 2.05) is 66.3 Å². The SMILES string of the molecule is Cc1cc(NCc2ccc(Cl)c(Cl)c2)c2cccc(OCCn3cccn3)c2n1.Cl. The topological polar surface area (TPSA) is 52.0 Å². The zero-order valence-corrected chi connectivity index (χ0v) is 18.6. The average molecular weight is 464 g/mol. The molecule has 0 bridgehead atoms. The molecule has 0 aliphatic carbocycles. The highest BCUT2D eigenvalue weighted by Crippen LogP contribution is 2.31. The fraction of sp³-hybridized carbons (Fsp3) is 0.182. The van der Waals surface area contributed by atoms with Crippen LogP contribution in [0.4, 0.5) is 5.69 Å². The van der Waals surface area contributed by atoms with Crippen LogP contribution in [-0.2, 0) is 13.1 Å². The van der Waals surface area contributed by atoms with Gasteiger partial charge in [0, 0.05) is 35.7 Å². The number of nitrogens with one attached hydrogen (secondary N) is 1. The van der Waals surface area contributed by atoms with Crippen LogP contribution in [0.3, 0.4) is 0 Å². The van der Waals surface area contributed by atoms with Gasteiger partial charge in [-0.2, -0.15) is 5.10 Å². The van der Waals surface area contributed by atoms with E-state index in [-0.39, 0.29) is 12.4 Å². The molecule has 30 heavy (non-hydrogen) atoms. The first-order chi connectivity index (χ1) is 14.1. The monoisotopic (exact) mass is 462 g/mol. The molecule has 0 atom stereocenters. The molecule has 0 spiro atoms. The van der Waals surface area contributed by atoms with E-state index in [2.05, 4.69) is 10.4 Å². The van der Waals surface area contributed by atoms with Crippen LogP contribution in [0, 0.1) is 6.92 Å². The van der Waals surface area contributed by atoms with E-state index in [9.17, 15) is 0 Å². The largest absolute Gasteiger partial charge is 0.489 e. The maximum absolute atomic E-state index is 6.13. The number of aromatic nitrogens is 3. The molecule has 156 valence electrons. The highest BCUT2D eigenvalue weighted by atomic mass is 35.5. The first-order valence-corrected chi connectivity index (χ1v) is 10.0. The summed E-state index contributed by atoms with van der Waals surface area (Å²) in [5, 5.41) is 9.79. The fourth-order valence-corrected chi connectivity index (χ4v) is 3.46. The van der Waals surface area contributed by atoms with Crippen molar-refractivity contribution in [2.75, 3.05) is 11.9 Å². The quantitative estimate of drug-likeness (QED) is 0.356. The zero-order valence-electron chi connectivity index (χ0n) is 16.3. The van der Waals surface area contributed by atoms with E-state index in [1.165, 1.54) is 0 Å². The lowest BCUT2D eigenvalue weighted by molar-refractivity contribution is 0.294. The van der Waals surface area contributed by atoms with Gasteiger partial charge in [0.25, 0.3) is 0 Å². The first kappa shape index (κ1) is 22.2. The summed E-state index contributed by atoms with van der Waals surface area (Å²) in [5.41, 5.74) is 3.80. The lowest BCUT2D eigenvalue weighted by Gasteiger charge is -2.14. The predicted octanol–water partition coefficient (Wildman–Crippen LogP) is 6.16. The number of hydrogen-bond donors (Lipinski definition) is 1. The number of anilines is 1. The fourth-order valence-electron chi connectivity index (χ4n) is 3.14. The number of halogens is 3. The number of pyridine rings is 1. The number of ether oxygens (including phenoxy) is 1. The minimum absolute atomic E-state index is 0. The molecular formula is C22H21Cl3N4O. The second kappa shape index (κ2) is 10.0. The van der Waals surface area contributed by atoms with Crippen LogP contribution < -0.4 is 10.1 Å². The molecular weight excluding hydrogens is 443 g/mol. The van der Waals surface area contributed by atoms with Crippen molar-refractivity contribution < 1.29 is 4.74 Å². The Hall–Kier alpha value is -2.47. The van der Waals surface area contributed by atoms with E-state index in [0.717, 1.165) is 33.6 Å². The third kappa shape index (κ3) is 5.17. The second-order valence-electron chi connectivity index (χ2n) is 6.68. The van der Waals surface area contributed by atoms with Gasteiger partial charge in [-0.1, -0.05) is 41.4 Å². The summed E-state index contributed by atoms with van der Waals surface area (Å²) in [6, 6.07) is 15.5. The van der Waals surface area contributed by atoms with Gasteiger partial charge in [-0.25, -0.2) is 4.98 Å². The van der Waals surface area contributed by atoms with Crippen LogP contribution in [0.2, 0.25) is 10.0 Å². The van der Waals surface area contributed by atoms with Gasteiger partial charge in [0.1, 0.15) is 17.9 Å². The number of nitrogens with zero attached hydrogens (tertiary/aromatic N) is 3. The Balaban J connectivity index is 0.00000256. The predicted molar refractivity (Wildman–Crippen MR) is 125 cm³/mol. The Morgan fingerprint density at radius 1 is 1.07 bits per heavy atom. The Bertz CT molecular complexity index is 1130. The summed E-state index contributed by atoms with van der Waals surface area (Å²) < 4.78 is 7.85. The molecule has 2 aromatic heterocycles. The van der Waals surface area contributed by atoms with Crippen LogP contribution in [0.1, 0.15) is 11.3 Å². The maximum Gasteiger partial charge on any atom is 0.145 e. The third-order valence-corrected chi connectivity index (χ3v) is 5.27. The highest BCUT2D eigenvalue weighted by molar-refractivity contribution is 6.42. The molecule has 4 aromatic rings. The molecule has 1 N–H and O–H groups in total. The van der Waals surface area contributed by atoms with Gasteiger partial charge in [-0.05, 0) is 42.8 Å². The van der Waals surface area contributed by atoms with Crippen molar-refractivity contribution in [3.05, 3.63) is 82.2 Å². The third-order valence-electron chi connectivity index (χ3n) is 4.53.